The van der Waals surface area contributed by atoms with Gasteiger partial charge in [-0.1, -0.05) is 100 Å². The molecule has 2 atom stereocenters. The third-order valence-electron chi connectivity index (χ3n) is 12.7. The number of ether oxygens (including phenoxy) is 2. The Balaban J connectivity index is 1.42. The van der Waals surface area contributed by atoms with Gasteiger partial charge in [0.1, 0.15) is 11.2 Å². The van der Waals surface area contributed by atoms with Crippen LogP contribution in [0.15, 0.2) is 94.7 Å². The highest BCUT2D eigenvalue weighted by atomic mass is 32.2. The maximum Gasteiger partial charge on any atom is 0.410 e. The minimum absolute atomic E-state index is 0.0186. The Morgan fingerprint density at radius 1 is 0.613 bits per heavy atom. The summed E-state index contributed by atoms with van der Waals surface area (Å²) in [5, 5.41) is 47.6. The average molecular weight is 1050 g/mol. The van der Waals surface area contributed by atoms with Gasteiger partial charge in [-0.25, -0.2) is 9.59 Å². The van der Waals surface area contributed by atoms with E-state index < -0.39 is 70.3 Å². The summed E-state index contributed by atoms with van der Waals surface area (Å²) in [5.74, 6) is -1.08. The van der Waals surface area contributed by atoms with Crippen LogP contribution in [0, 0.1) is 20.2 Å². The molecule has 0 aromatic heterocycles. The summed E-state index contributed by atoms with van der Waals surface area (Å²) in [5.41, 5.74) is 1.49. The summed E-state index contributed by atoms with van der Waals surface area (Å²) in [6.07, 6.45) is 4.41. The van der Waals surface area contributed by atoms with E-state index in [0.717, 1.165) is 22.9 Å². The fourth-order valence-electron chi connectivity index (χ4n) is 9.20. The van der Waals surface area contributed by atoms with Crippen molar-refractivity contribution in [3.8, 4) is 22.3 Å². The van der Waals surface area contributed by atoms with Gasteiger partial charge in [0.2, 0.25) is 11.8 Å². The van der Waals surface area contributed by atoms with E-state index in [9.17, 15) is 49.6 Å². The van der Waals surface area contributed by atoms with Crippen LogP contribution in [0.25, 0.3) is 34.4 Å². The molecule has 2 aliphatic heterocycles. The van der Waals surface area contributed by atoms with Crippen LogP contribution in [0.2, 0.25) is 0 Å². The lowest BCUT2D eigenvalue weighted by atomic mass is 9.89. The molecule has 6 rings (SSSR count). The number of aliphatic hydroxyl groups excluding tert-OH is 2. The van der Waals surface area contributed by atoms with E-state index in [2.05, 4.69) is 0 Å². The van der Waals surface area contributed by atoms with Crippen LogP contribution in [-0.2, 0) is 19.1 Å². The van der Waals surface area contributed by atoms with Gasteiger partial charge in [0.15, 0.2) is 0 Å². The first kappa shape index (κ1) is 57.2. The van der Waals surface area contributed by atoms with Gasteiger partial charge in [-0.05, 0) is 111 Å². The number of aliphatic hydroxyl groups is 2. The van der Waals surface area contributed by atoms with Crippen molar-refractivity contribution in [3.05, 3.63) is 127 Å². The maximum atomic E-state index is 13.9. The Morgan fingerprint density at radius 3 is 1.29 bits per heavy atom. The molecule has 19 heteroatoms. The maximum absolute atomic E-state index is 13.9. The Labute approximate surface area is 442 Å². The first-order chi connectivity index (χ1) is 35.3. The molecular formula is C56H68N6O12S. The Hall–Kier alpha value is -7.09. The van der Waals surface area contributed by atoms with Crippen molar-refractivity contribution in [1.29, 1.82) is 0 Å². The summed E-state index contributed by atoms with van der Waals surface area (Å²) < 4.78 is 11.1. The summed E-state index contributed by atoms with van der Waals surface area (Å²) in [7, 11) is 0. The standard InChI is InChI=1S/C56H68N6O12S/c1-35(2)41-15-11-13-17-43(41)49-37(21-25-47(65)57-27-29-59(39(31-57)33-63)53(67)73-55(5,6)7)19-23-45(51(49)61(69)70)75-46-24-20-38(50(52(46)62(71)72)44-18-14-12-16-42(44)36(3)4)22-26-48(66)58-28-30-60(40(32-58)34-64)54(68)74-56(8,9)10/h11-26,35-36,39-40,63-64H,27-34H2,1-10H3. The molecular weight excluding hydrogens is 981 g/mol. The largest absolute Gasteiger partial charge is 0.444 e. The number of benzene rings is 4. The number of rotatable bonds is 14. The molecule has 0 radical (unpaired) electrons. The van der Waals surface area contributed by atoms with Gasteiger partial charge in [0.25, 0.3) is 11.4 Å². The molecule has 0 bridgehead atoms. The number of hydrogen-bond acceptors (Lipinski definition) is 13. The smallest absolute Gasteiger partial charge is 0.410 e. The molecule has 0 aliphatic carbocycles. The SMILES string of the molecule is CC(C)c1ccccc1-c1c(C=CC(=O)N2CCN(C(=O)OC(C)(C)C)C(CO)C2)ccc(Sc2ccc(C=CC(=O)N3CCN(C(=O)OC(C)(C)C)C(CO)C3)c(-c3ccccc3C(C)C)c2[N+](=O)[O-])c1[N+](=O)[O-]. The van der Waals surface area contributed by atoms with Crippen LogP contribution in [-0.4, -0.2) is 139 Å². The monoisotopic (exact) mass is 1050 g/mol. The van der Waals surface area contributed by atoms with E-state index in [1.807, 2.05) is 52.0 Å². The molecule has 75 heavy (non-hydrogen) atoms. The number of nitrogens with zero attached hydrogens (tertiary/aromatic N) is 6. The molecule has 2 N–H and O–H groups in total. The Morgan fingerprint density at radius 2 is 0.973 bits per heavy atom. The lowest BCUT2D eigenvalue weighted by Crippen LogP contribution is -2.58. The van der Waals surface area contributed by atoms with E-state index in [0.29, 0.717) is 22.3 Å². The fourth-order valence-corrected chi connectivity index (χ4v) is 10.3. The number of carbonyl (C=O) groups is 4. The molecule has 4 aromatic rings. The number of amides is 4. The molecule has 2 fully saturated rings. The normalized spacial score (nSPS) is 16.6. The van der Waals surface area contributed by atoms with Crippen molar-refractivity contribution in [2.24, 2.45) is 0 Å². The van der Waals surface area contributed by atoms with Gasteiger partial charge >= 0.3 is 12.2 Å². The van der Waals surface area contributed by atoms with Crippen LogP contribution in [0.3, 0.4) is 0 Å². The van der Waals surface area contributed by atoms with E-state index >= 15 is 0 Å². The molecule has 4 amide bonds. The number of piperazine rings is 2. The van der Waals surface area contributed by atoms with Gasteiger partial charge in [-0.2, -0.15) is 0 Å². The highest BCUT2D eigenvalue weighted by Crippen LogP contribution is 2.50. The predicted molar refractivity (Wildman–Crippen MR) is 288 cm³/mol. The first-order valence-corrected chi connectivity index (χ1v) is 25.8. The molecule has 18 nitrogen and oxygen atoms in total. The molecule has 2 aliphatic rings. The summed E-state index contributed by atoms with van der Waals surface area (Å²) >= 11 is 0.858. The molecule has 400 valence electrons. The third kappa shape index (κ3) is 13.8. The lowest BCUT2D eigenvalue weighted by Gasteiger charge is -2.40. The van der Waals surface area contributed by atoms with Gasteiger partial charge < -0.3 is 29.5 Å². The minimum atomic E-state index is -0.767. The van der Waals surface area contributed by atoms with Crippen molar-refractivity contribution in [1.82, 2.24) is 19.6 Å². The van der Waals surface area contributed by atoms with Crippen molar-refractivity contribution in [3.63, 3.8) is 0 Å². The van der Waals surface area contributed by atoms with Gasteiger partial charge in [-0.15, -0.1) is 0 Å². The van der Waals surface area contributed by atoms with Crippen LogP contribution < -0.4 is 0 Å². The quantitative estimate of drug-likeness (QED) is 0.0682. The molecule has 4 aromatic carbocycles. The van der Waals surface area contributed by atoms with E-state index in [-0.39, 0.29) is 83.4 Å². The number of carbonyl (C=O) groups excluding carboxylic acids is 4. The van der Waals surface area contributed by atoms with Crippen molar-refractivity contribution >= 4 is 59.3 Å². The predicted octanol–water partition coefficient (Wildman–Crippen LogP) is 10.1. The molecule has 2 saturated heterocycles. The van der Waals surface area contributed by atoms with E-state index in [1.54, 1.807) is 77.9 Å². The topological polar surface area (TPSA) is 226 Å². The van der Waals surface area contributed by atoms with Crippen LogP contribution >= 0.6 is 11.8 Å². The third-order valence-corrected chi connectivity index (χ3v) is 13.8. The van der Waals surface area contributed by atoms with Crippen LogP contribution in [0.1, 0.15) is 103 Å². The Bertz CT molecular complexity index is 2680. The second-order valence-electron chi connectivity index (χ2n) is 21.1. The highest BCUT2D eigenvalue weighted by molar-refractivity contribution is 7.99. The van der Waals surface area contributed by atoms with Crippen LogP contribution in [0.5, 0.6) is 0 Å². The zero-order chi connectivity index (χ0) is 55.1. The first-order valence-electron chi connectivity index (χ1n) is 25.0. The van der Waals surface area contributed by atoms with Crippen LogP contribution in [0.4, 0.5) is 21.0 Å². The fraction of sp³-hybridized carbons (Fsp3) is 0.429. The lowest BCUT2D eigenvalue weighted by molar-refractivity contribution is -0.387. The van der Waals surface area contributed by atoms with Gasteiger partial charge in [0.05, 0.1) is 56.1 Å². The van der Waals surface area contributed by atoms with Crippen molar-refractivity contribution in [2.75, 3.05) is 52.5 Å². The highest BCUT2D eigenvalue weighted by Gasteiger charge is 2.37. The van der Waals surface area contributed by atoms with Crippen molar-refractivity contribution < 1.29 is 48.7 Å². The minimum Gasteiger partial charge on any atom is -0.444 e. The summed E-state index contributed by atoms with van der Waals surface area (Å²) in [6, 6.07) is 19.3. The number of nitro benzene ring substituents is 2. The second-order valence-corrected chi connectivity index (χ2v) is 22.2. The average Bonchev–Trinajstić information content (AvgIpc) is 3.35. The van der Waals surface area contributed by atoms with Crippen molar-refractivity contribution in [2.45, 2.75) is 114 Å². The summed E-state index contributed by atoms with van der Waals surface area (Å²) in [6.45, 7) is 18.0. The molecule has 0 saturated carbocycles. The zero-order valence-electron chi connectivity index (χ0n) is 44.3. The number of nitro groups is 2. The molecule has 2 heterocycles. The Kier molecular flexibility index (Phi) is 18.3. The van der Waals surface area contributed by atoms with Gasteiger partial charge in [-0.3, -0.25) is 39.6 Å². The zero-order valence-corrected chi connectivity index (χ0v) is 45.1. The molecule has 0 spiro atoms. The van der Waals surface area contributed by atoms with E-state index in [4.69, 9.17) is 9.47 Å². The second kappa shape index (κ2) is 24.1. The molecule has 2 unspecified atom stereocenters. The summed E-state index contributed by atoms with van der Waals surface area (Å²) in [4.78, 5) is 85.7. The van der Waals surface area contributed by atoms with Gasteiger partial charge in [0, 0.05) is 51.4 Å². The number of hydrogen-bond donors (Lipinski definition) is 2. The van der Waals surface area contributed by atoms with E-state index in [1.165, 1.54) is 56.0 Å².